The van der Waals surface area contributed by atoms with Gasteiger partial charge in [0.25, 0.3) is 0 Å². The van der Waals surface area contributed by atoms with Crippen molar-refractivity contribution in [1.82, 2.24) is 10.6 Å². The van der Waals surface area contributed by atoms with Gasteiger partial charge in [0.15, 0.2) is 0 Å². The Labute approximate surface area is 119 Å². The fourth-order valence-corrected chi connectivity index (χ4v) is 1.63. The number of amides is 2. The summed E-state index contributed by atoms with van der Waals surface area (Å²) in [6.07, 6.45) is -0.723. The Morgan fingerprint density at radius 2 is 1.95 bits per heavy atom. The molecule has 0 unspecified atom stereocenters. The van der Waals surface area contributed by atoms with E-state index in [-0.39, 0.29) is 12.6 Å². The van der Waals surface area contributed by atoms with Crippen LogP contribution in [0.4, 0.5) is 10.5 Å². The smallest absolute Gasteiger partial charge is 0.314 e. The predicted octanol–water partition coefficient (Wildman–Crippen LogP) is 0.732. The zero-order valence-corrected chi connectivity index (χ0v) is 12.2. The molecular formula is C14H23N3O3. The lowest BCUT2D eigenvalue weighted by Gasteiger charge is -2.16. The number of carbonyl (C=O) groups excluding carboxylic acids is 1. The highest BCUT2D eigenvalue weighted by atomic mass is 16.5. The molecule has 1 aromatic rings. The summed E-state index contributed by atoms with van der Waals surface area (Å²) < 4.78 is 4.82. The van der Waals surface area contributed by atoms with Crippen molar-refractivity contribution in [3.05, 3.63) is 29.8 Å². The van der Waals surface area contributed by atoms with E-state index in [0.29, 0.717) is 13.2 Å². The first-order valence-corrected chi connectivity index (χ1v) is 6.50. The number of aliphatic hydroxyl groups excluding tert-OH is 1. The second kappa shape index (κ2) is 8.39. The second-order valence-corrected chi connectivity index (χ2v) is 4.63. The fourth-order valence-electron chi connectivity index (χ4n) is 1.63. The maximum atomic E-state index is 11.4. The van der Waals surface area contributed by atoms with E-state index < -0.39 is 6.10 Å². The molecule has 1 rings (SSSR count). The number of carbonyl (C=O) groups is 1. The normalized spacial score (nSPS) is 11.8. The molecule has 0 heterocycles. The first-order chi connectivity index (χ1) is 9.54. The zero-order valence-electron chi connectivity index (χ0n) is 12.2. The SMILES string of the molecule is COCCNC(=O)NC[C@@H](O)c1ccc(N(C)C)cc1. The van der Waals surface area contributed by atoms with Gasteiger partial charge in [-0.05, 0) is 17.7 Å². The highest BCUT2D eigenvalue weighted by molar-refractivity contribution is 5.73. The molecule has 0 fully saturated rings. The van der Waals surface area contributed by atoms with E-state index >= 15 is 0 Å². The largest absolute Gasteiger partial charge is 0.387 e. The maximum absolute atomic E-state index is 11.4. The van der Waals surface area contributed by atoms with Crippen LogP contribution in [0.5, 0.6) is 0 Å². The van der Waals surface area contributed by atoms with Gasteiger partial charge in [0.05, 0.1) is 12.7 Å². The Bertz CT molecular complexity index is 407. The highest BCUT2D eigenvalue weighted by Gasteiger charge is 2.09. The summed E-state index contributed by atoms with van der Waals surface area (Å²) in [5.74, 6) is 0. The first kappa shape index (κ1) is 16.3. The number of rotatable bonds is 7. The number of nitrogens with zero attached hydrogens (tertiary/aromatic N) is 1. The number of urea groups is 1. The van der Waals surface area contributed by atoms with Gasteiger partial charge < -0.3 is 25.4 Å². The number of nitrogens with one attached hydrogen (secondary N) is 2. The third-order valence-electron chi connectivity index (χ3n) is 2.84. The number of hydrogen-bond acceptors (Lipinski definition) is 4. The monoisotopic (exact) mass is 281 g/mol. The number of benzene rings is 1. The van der Waals surface area contributed by atoms with Gasteiger partial charge in [-0.25, -0.2) is 4.79 Å². The fraction of sp³-hybridized carbons (Fsp3) is 0.500. The van der Waals surface area contributed by atoms with Crippen LogP contribution < -0.4 is 15.5 Å². The van der Waals surface area contributed by atoms with Crippen LogP contribution in [0, 0.1) is 0 Å². The van der Waals surface area contributed by atoms with Gasteiger partial charge in [0.2, 0.25) is 0 Å². The first-order valence-electron chi connectivity index (χ1n) is 6.50. The van der Waals surface area contributed by atoms with Crippen LogP contribution in [-0.2, 0) is 4.74 Å². The van der Waals surface area contributed by atoms with Gasteiger partial charge in [-0.2, -0.15) is 0 Å². The Hall–Kier alpha value is -1.79. The van der Waals surface area contributed by atoms with Gasteiger partial charge in [-0.1, -0.05) is 12.1 Å². The summed E-state index contributed by atoms with van der Waals surface area (Å²) in [5, 5.41) is 15.2. The second-order valence-electron chi connectivity index (χ2n) is 4.63. The van der Waals surface area contributed by atoms with E-state index in [4.69, 9.17) is 4.74 Å². The molecule has 0 aliphatic heterocycles. The molecule has 6 heteroatoms. The Morgan fingerprint density at radius 3 is 2.50 bits per heavy atom. The maximum Gasteiger partial charge on any atom is 0.314 e. The molecule has 0 aliphatic rings. The Kier molecular flexibility index (Phi) is 6.83. The molecular weight excluding hydrogens is 258 g/mol. The third-order valence-corrected chi connectivity index (χ3v) is 2.84. The number of ether oxygens (including phenoxy) is 1. The summed E-state index contributed by atoms with van der Waals surface area (Å²) >= 11 is 0. The molecule has 3 N–H and O–H groups in total. The van der Waals surface area contributed by atoms with Crippen molar-refractivity contribution in [1.29, 1.82) is 0 Å². The third kappa shape index (κ3) is 5.46. The van der Waals surface area contributed by atoms with Crippen molar-refractivity contribution < 1.29 is 14.6 Å². The molecule has 2 amide bonds. The van der Waals surface area contributed by atoms with Crippen LogP contribution in [0.1, 0.15) is 11.7 Å². The van der Waals surface area contributed by atoms with Gasteiger partial charge in [-0.3, -0.25) is 0 Å². The van der Waals surface area contributed by atoms with E-state index in [9.17, 15) is 9.90 Å². The van der Waals surface area contributed by atoms with Crippen LogP contribution in [-0.4, -0.2) is 52.0 Å². The van der Waals surface area contributed by atoms with Crippen LogP contribution in [0.25, 0.3) is 0 Å². The van der Waals surface area contributed by atoms with E-state index in [1.165, 1.54) is 0 Å². The standard InChI is InChI=1S/C14H23N3O3/c1-17(2)12-6-4-11(5-7-12)13(18)10-16-14(19)15-8-9-20-3/h4-7,13,18H,8-10H2,1-3H3,(H2,15,16,19)/t13-/m1/s1. The molecule has 0 saturated heterocycles. The molecule has 6 nitrogen and oxygen atoms in total. The number of aliphatic hydroxyl groups is 1. The summed E-state index contributed by atoms with van der Waals surface area (Å²) in [6.45, 7) is 1.07. The average molecular weight is 281 g/mol. The quantitative estimate of drug-likeness (QED) is 0.644. The minimum atomic E-state index is -0.723. The molecule has 0 aliphatic carbocycles. The Balaban J connectivity index is 2.38. The molecule has 112 valence electrons. The van der Waals surface area contributed by atoms with Crippen molar-refractivity contribution in [2.75, 3.05) is 45.8 Å². The highest BCUT2D eigenvalue weighted by Crippen LogP contribution is 2.17. The molecule has 1 aromatic carbocycles. The van der Waals surface area contributed by atoms with Crippen molar-refractivity contribution in [2.24, 2.45) is 0 Å². The molecule has 0 radical (unpaired) electrons. The zero-order chi connectivity index (χ0) is 15.0. The molecule has 0 saturated carbocycles. The number of anilines is 1. The summed E-state index contributed by atoms with van der Waals surface area (Å²) in [5.41, 5.74) is 1.83. The van der Waals surface area contributed by atoms with E-state index in [1.807, 2.05) is 43.3 Å². The lowest BCUT2D eigenvalue weighted by molar-refractivity contribution is 0.171. The van der Waals surface area contributed by atoms with Gasteiger partial charge in [-0.15, -0.1) is 0 Å². The number of methoxy groups -OCH3 is 1. The topological polar surface area (TPSA) is 73.8 Å². The lowest BCUT2D eigenvalue weighted by atomic mass is 10.1. The van der Waals surface area contributed by atoms with Crippen LogP contribution in [0.15, 0.2) is 24.3 Å². The van der Waals surface area contributed by atoms with Gasteiger partial charge in [0, 0.05) is 40.0 Å². The molecule has 0 aromatic heterocycles. The molecule has 0 bridgehead atoms. The number of hydrogen-bond donors (Lipinski definition) is 3. The molecule has 1 atom stereocenters. The van der Waals surface area contributed by atoms with Crippen molar-refractivity contribution in [3.8, 4) is 0 Å². The van der Waals surface area contributed by atoms with Crippen molar-refractivity contribution >= 4 is 11.7 Å². The summed E-state index contributed by atoms with van der Waals surface area (Å²) in [4.78, 5) is 13.4. The van der Waals surface area contributed by atoms with E-state index in [2.05, 4.69) is 10.6 Å². The Morgan fingerprint density at radius 1 is 1.30 bits per heavy atom. The summed E-state index contributed by atoms with van der Waals surface area (Å²) in [7, 11) is 5.48. The van der Waals surface area contributed by atoms with E-state index in [0.717, 1.165) is 11.3 Å². The minimum Gasteiger partial charge on any atom is -0.387 e. The summed E-state index contributed by atoms with van der Waals surface area (Å²) in [6, 6.07) is 7.25. The van der Waals surface area contributed by atoms with Crippen LogP contribution >= 0.6 is 0 Å². The van der Waals surface area contributed by atoms with E-state index in [1.54, 1.807) is 7.11 Å². The van der Waals surface area contributed by atoms with Gasteiger partial charge >= 0.3 is 6.03 Å². The molecule has 20 heavy (non-hydrogen) atoms. The lowest BCUT2D eigenvalue weighted by Crippen LogP contribution is -2.39. The predicted molar refractivity (Wildman–Crippen MR) is 79.0 cm³/mol. The molecule has 0 spiro atoms. The van der Waals surface area contributed by atoms with Crippen molar-refractivity contribution in [2.45, 2.75) is 6.10 Å². The average Bonchev–Trinajstić information content (AvgIpc) is 2.45. The van der Waals surface area contributed by atoms with Crippen LogP contribution in [0.2, 0.25) is 0 Å². The van der Waals surface area contributed by atoms with Crippen LogP contribution in [0.3, 0.4) is 0 Å². The minimum absolute atomic E-state index is 0.167. The van der Waals surface area contributed by atoms with Gasteiger partial charge in [0.1, 0.15) is 0 Å². The van der Waals surface area contributed by atoms with Crippen molar-refractivity contribution in [3.63, 3.8) is 0 Å².